The molecule has 39 heavy (non-hydrogen) atoms. The average molecular weight is 555 g/mol. The number of piperidine rings is 1. The van der Waals surface area contributed by atoms with Gasteiger partial charge in [0.05, 0.1) is 0 Å². The maximum Gasteiger partial charge on any atom is 0.344 e. The summed E-state index contributed by atoms with van der Waals surface area (Å²) in [5.41, 5.74) is 3.13. The summed E-state index contributed by atoms with van der Waals surface area (Å²) in [6.07, 6.45) is 9.39. The van der Waals surface area contributed by atoms with E-state index in [1.54, 1.807) is 12.3 Å². The summed E-state index contributed by atoms with van der Waals surface area (Å²) < 4.78 is 6.99. The fourth-order valence-electron chi connectivity index (χ4n) is 7.27. The third-order valence-corrected chi connectivity index (χ3v) is 9.77. The first-order valence-electron chi connectivity index (χ1n) is 14.3. The monoisotopic (exact) mass is 554 g/mol. The largest absolute Gasteiger partial charge is 0.381 e. The number of amides is 2. The number of hydrogen-bond acceptors (Lipinski definition) is 6. The topological polar surface area (TPSA) is 82.9 Å². The van der Waals surface area contributed by atoms with Gasteiger partial charge in [0.15, 0.2) is 5.82 Å². The molecule has 10 heteroatoms. The van der Waals surface area contributed by atoms with Crippen LogP contribution in [0.3, 0.4) is 0 Å². The van der Waals surface area contributed by atoms with Crippen LogP contribution >= 0.6 is 11.6 Å². The van der Waals surface area contributed by atoms with Crippen molar-refractivity contribution in [2.24, 2.45) is 5.41 Å². The van der Waals surface area contributed by atoms with Crippen molar-refractivity contribution < 1.29 is 14.3 Å². The van der Waals surface area contributed by atoms with Crippen LogP contribution in [0.4, 0.5) is 16.3 Å². The van der Waals surface area contributed by atoms with Gasteiger partial charge in [-0.05, 0) is 74.6 Å². The predicted octanol–water partition coefficient (Wildman–Crippen LogP) is 4.60. The van der Waals surface area contributed by atoms with E-state index >= 15 is 0 Å². The number of hydrogen-bond donors (Lipinski definition) is 1. The number of rotatable bonds is 4. The molecule has 9 nitrogen and oxygen atoms in total. The minimum atomic E-state index is -0.203. The predicted molar refractivity (Wildman–Crippen MR) is 151 cm³/mol. The molecule has 0 bridgehead atoms. The molecule has 4 saturated heterocycles. The molecule has 0 atom stereocenters. The van der Waals surface area contributed by atoms with Gasteiger partial charge in [-0.25, -0.2) is 4.79 Å². The number of likely N-dealkylation sites (tertiary alicyclic amines) is 2. The first-order valence-corrected chi connectivity index (χ1v) is 14.7. The van der Waals surface area contributed by atoms with E-state index in [-0.39, 0.29) is 17.5 Å². The number of aromatic nitrogens is 2. The third-order valence-electron chi connectivity index (χ3n) is 9.54. The Kier molecular flexibility index (Phi) is 7.33. The minimum absolute atomic E-state index is 0.117. The molecule has 2 amide bonds. The van der Waals surface area contributed by atoms with Crippen LogP contribution in [0.25, 0.3) is 0 Å². The van der Waals surface area contributed by atoms with Crippen molar-refractivity contribution >= 4 is 35.0 Å². The molecular formula is C29H39ClN6O3. The standard InChI is InChI=1S/C29H39ClN6O3/c1-22(37)31-26-5-13-36(32-26)27(38)33-15-8-29(9-16-33)6-2-12-35(29)20-23-3-4-24(30)19-25(23)34-14-7-28(21-34)10-17-39-18-11-28/h3-5,13,19H,2,6-12,14-18,20-21H2,1H3,(H,31,32,37). The number of nitrogens with one attached hydrogen (secondary N) is 1. The lowest BCUT2D eigenvalue weighted by molar-refractivity contribution is -0.114. The Bertz CT molecular complexity index is 1220. The van der Waals surface area contributed by atoms with Crippen LogP contribution in [0.2, 0.25) is 5.02 Å². The zero-order valence-corrected chi connectivity index (χ0v) is 23.6. The highest BCUT2D eigenvalue weighted by atomic mass is 35.5. The van der Waals surface area contributed by atoms with E-state index in [4.69, 9.17) is 16.3 Å². The van der Waals surface area contributed by atoms with Gasteiger partial charge in [-0.3, -0.25) is 9.69 Å². The van der Waals surface area contributed by atoms with Crippen LogP contribution in [0.1, 0.15) is 57.4 Å². The molecule has 2 aromatic rings. The number of carbonyl (C=O) groups is 2. The minimum Gasteiger partial charge on any atom is -0.381 e. The van der Waals surface area contributed by atoms with E-state index in [0.29, 0.717) is 24.3 Å². The lowest BCUT2D eigenvalue weighted by Crippen LogP contribution is -2.53. The quantitative estimate of drug-likeness (QED) is 0.595. The van der Waals surface area contributed by atoms with Crippen molar-refractivity contribution in [3.8, 4) is 0 Å². The first kappa shape index (κ1) is 26.6. The lowest BCUT2D eigenvalue weighted by Gasteiger charge is -2.45. The molecule has 1 aromatic carbocycles. The van der Waals surface area contributed by atoms with Crippen LogP contribution in [0.15, 0.2) is 30.5 Å². The van der Waals surface area contributed by atoms with Crippen molar-refractivity contribution in [1.82, 2.24) is 19.6 Å². The van der Waals surface area contributed by atoms with Gasteiger partial charge in [-0.2, -0.15) is 4.68 Å². The summed E-state index contributed by atoms with van der Waals surface area (Å²) in [5, 5.41) is 7.66. The van der Waals surface area contributed by atoms with Gasteiger partial charge in [0.2, 0.25) is 5.91 Å². The summed E-state index contributed by atoms with van der Waals surface area (Å²) in [6.45, 7) is 8.74. The zero-order chi connectivity index (χ0) is 27.0. The highest BCUT2D eigenvalue weighted by molar-refractivity contribution is 6.30. The molecule has 4 aliphatic rings. The van der Waals surface area contributed by atoms with Gasteiger partial charge < -0.3 is 19.9 Å². The van der Waals surface area contributed by atoms with E-state index in [0.717, 1.165) is 70.1 Å². The maximum absolute atomic E-state index is 13.1. The van der Waals surface area contributed by atoms with Crippen molar-refractivity contribution in [1.29, 1.82) is 0 Å². The molecule has 4 aliphatic heterocycles. The molecule has 0 saturated carbocycles. The van der Waals surface area contributed by atoms with E-state index in [1.165, 1.54) is 42.1 Å². The van der Waals surface area contributed by atoms with Gasteiger partial charge in [-0.1, -0.05) is 17.7 Å². The number of ether oxygens (including phenoxy) is 1. The summed E-state index contributed by atoms with van der Waals surface area (Å²) in [5.74, 6) is 0.191. The van der Waals surface area contributed by atoms with Crippen LogP contribution in [-0.2, 0) is 16.1 Å². The van der Waals surface area contributed by atoms with Crippen molar-refractivity contribution in [2.75, 3.05) is 56.2 Å². The molecule has 5 heterocycles. The van der Waals surface area contributed by atoms with E-state index in [2.05, 4.69) is 32.3 Å². The molecule has 0 unspecified atom stereocenters. The number of anilines is 2. The number of halogens is 1. The second-order valence-electron chi connectivity index (χ2n) is 11.9. The average Bonchev–Trinajstić information content (AvgIpc) is 3.65. The Hall–Kier alpha value is -2.62. The zero-order valence-electron chi connectivity index (χ0n) is 22.8. The van der Waals surface area contributed by atoms with Gasteiger partial charge in [0.25, 0.3) is 0 Å². The second kappa shape index (κ2) is 10.7. The molecule has 0 aliphatic carbocycles. The molecule has 1 aromatic heterocycles. The SMILES string of the molecule is CC(=O)Nc1ccn(C(=O)N2CCC3(CCCN3Cc3ccc(Cl)cc3N3CCC4(CCOCC4)C3)CC2)n1. The van der Waals surface area contributed by atoms with Crippen molar-refractivity contribution in [3.05, 3.63) is 41.0 Å². The maximum atomic E-state index is 13.1. The molecule has 6 rings (SSSR count). The number of carbonyl (C=O) groups excluding carboxylic acids is 2. The summed E-state index contributed by atoms with van der Waals surface area (Å²) in [4.78, 5) is 31.5. The van der Waals surface area contributed by atoms with E-state index < -0.39 is 0 Å². The molecule has 1 N–H and O–H groups in total. The highest BCUT2D eigenvalue weighted by Gasteiger charge is 2.45. The van der Waals surface area contributed by atoms with Gasteiger partial charge in [0.1, 0.15) is 0 Å². The lowest BCUT2D eigenvalue weighted by atomic mass is 9.80. The number of nitrogens with zero attached hydrogens (tertiary/aromatic N) is 5. The van der Waals surface area contributed by atoms with E-state index in [9.17, 15) is 9.59 Å². The summed E-state index contributed by atoms with van der Waals surface area (Å²) in [6, 6.07) is 7.93. The first-order chi connectivity index (χ1) is 18.8. The fraction of sp³-hybridized carbons (Fsp3) is 0.621. The molecule has 0 radical (unpaired) electrons. The third kappa shape index (κ3) is 5.41. The normalized spacial score (nSPS) is 22.6. The van der Waals surface area contributed by atoms with Crippen molar-refractivity contribution in [2.45, 2.75) is 64.0 Å². The van der Waals surface area contributed by atoms with Crippen LogP contribution < -0.4 is 10.2 Å². The second-order valence-corrected chi connectivity index (χ2v) is 12.3. The van der Waals surface area contributed by atoms with Crippen LogP contribution in [-0.4, -0.2) is 83.0 Å². The van der Waals surface area contributed by atoms with Crippen LogP contribution in [0.5, 0.6) is 0 Å². The number of benzene rings is 1. The Labute approximate surface area is 235 Å². The molecule has 210 valence electrons. The van der Waals surface area contributed by atoms with Crippen LogP contribution in [0, 0.1) is 5.41 Å². The Morgan fingerprint density at radius 3 is 2.59 bits per heavy atom. The fourth-order valence-corrected chi connectivity index (χ4v) is 7.43. The molecule has 2 spiro atoms. The highest BCUT2D eigenvalue weighted by Crippen LogP contribution is 2.44. The summed E-state index contributed by atoms with van der Waals surface area (Å²) in [7, 11) is 0. The van der Waals surface area contributed by atoms with Gasteiger partial charge in [0, 0.05) is 81.4 Å². The Morgan fingerprint density at radius 2 is 1.82 bits per heavy atom. The van der Waals surface area contributed by atoms with E-state index in [1.807, 2.05) is 11.0 Å². The summed E-state index contributed by atoms with van der Waals surface area (Å²) >= 11 is 6.53. The Balaban J connectivity index is 1.13. The molecule has 4 fully saturated rings. The Morgan fingerprint density at radius 1 is 1.03 bits per heavy atom. The van der Waals surface area contributed by atoms with Gasteiger partial charge in [-0.15, -0.1) is 5.10 Å². The van der Waals surface area contributed by atoms with Gasteiger partial charge >= 0.3 is 6.03 Å². The van der Waals surface area contributed by atoms with Crippen molar-refractivity contribution in [3.63, 3.8) is 0 Å². The molecular weight excluding hydrogens is 516 g/mol. The smallest absolute Gasteiger partial charge is 0.344 e.